The molecular weight excluding hydrogens is 488 g/mol. The second kappa shape index (κ2) is 31.4. The number of ether oxygens (including phenoxy) is 1. The highest BCUT2D eigenvalue weighted by atomic mass is 16.6. The molecule has 40 heavy (non-hydrogen) atoms. The predicted molar refractivity (Wildman–Crippen MR) is 179 cm³/mol. The van der Waals surface area contributed by atoms with Gasteiger partial charge in [0.15, 0.2) is 0 Å². The van der Waals surface area contributed by atoms with Gasteiger partial charge in [0, 0.05) is 6.42 Å². The van der Waals surface area contributed by atoms with Gasteiger partial charge in [-0.3, -0.25) is 4.79 Å². The second-order valence-electron chi connectivity index (χ2n) is 13.4. The Morgan fingerprint density at radius 3 is 0.950 bits per heavy atom. The van der Waals surface area contributed by atoms with Crippen molar-refractivity contribution in [1.82, 2.24) is 0 Å². The minimum Gasteiger partial charge on any atom is -0.459 e. The Balaban J connectivity index is 3.99. The number of hydrogen-bond donors (Lipinski definition) is 0. The molecule has 0 saturated heterocycles. The maximum atomic E-state index is 12.8. The van der Waals surface area contributed by atoms with E-state index in [-0.39, 0.29) is 11.6 Å². The number of unbranched alkanes of at least 4 members (excludes halogenated alkanes) is 26. The third-order valence-electron chi connectivity index (χ3n) is 8.96. The summed E-state index contributed by atoms with van der Waals surface area (Å²) in [5.41, 5.74) is -0.250. The van der Waals surface area contributed by atoms with Crippen molar-refractivity contribution in [2.75, 3.05) is 0 Å². The van der Waals surface area contributed by atoms with Crippen molar-refractivity contribution in [1.29, 1.82) is 0 Å². The molecule has 0 fully saturated rings. The fraction of sp³-hybridized carbons (Fsp3) is 0.974. The van der Waals surface area contributed by atoms with Gasteiger partial charge in [-0.15, -0.1) is 0 Å². The lowest BCUT2D eigenvalue weighted by Gasteiger charge is -2.30. The average molecular weight is 565 g/mol. The van der Waals surface area contributed by atoms with Crippen LogP contribution in [0.1, 0.15) is 233 Å². The first-order valence-electron chi connectivity index (χ1n) is 18.8. The van der Waals surface area contributed by atoms with Gasteiger partial charge >= 0.3 is 5.97 Å². The second-order valence-corrected chi connectivity index (χ2v) is 13.4. The molecule has 0 heterocycles. The molecule has 0 saturated carbocycles. The van der Waals surface area contributed by atoms with E-state index in [4.69, 9.17) is 4.74 Å². The van der Waals surface area contributed by atoms with Crippen molar-refractivity contribution in [3.63, 3.8) is 0 Å². The van der Waals surface area contributed by atoms with Gasteiger partial charge in [0.2, 0.25) is 0 Å². The van der Waals surface area contributed by atoms with E-state index in [1.54, 1.807) is 0 Å². The van der Waals surface area contributed by atoms with Crippen LogP contribution in [0.4, 0.5) is 0 Å². The Kier molecular flexibility index (Phi) is 31.0. The van der Waals surface area contributed by atoms with E-state index in [0.717, 1.165) is 19.3 Å². The first-order valence-corrected chi connectivity index (χ1v) is 18.8. The molecule has 1 unspecified atom stereocenters. The van der Waals surface area contributed by atoms with Crippen LogP contribution in [-0.4, -0.2) is 11.6 Å². The Morgan fingerprint density at radius 1 is 0.400 bits per heavy atom. The van der Waals surface area contributed by atoms with E-state index < -0.39 is 0 Å². The minimum atomic E-state index is -0.250. The van der Waals surface area contributed by atoms with Crippen molar-refractivity contribution in [2.24, 2.45) is 0 Å². The number of carbonyl (C=O) groups is 1. The Hall–Kier alpha value is -0.530. The van der Waals surface area contributed by atoms with Crippen molar-refractivity contribution in [2.45, 2.75) is 239 Å². The van der Waals surface area contributed by atoms with Crippen LogP contribution in [0.5, 0.6) is 0 Å². The van der Waals surface area contributed by atoms with Gasteiger partial charge in [-0.1, -0.05) is 188 Å². The first kappa shape index (κ1) is 39.5. The van der Waals surface area contributed by atoms with Crippen LogP contribution in [0, 0.1) is 0 Å². The molecule has 0 spiro atoms. The summed E-state index contributed by atoms with van der Waals surface area (Å²) in [5.74, 6) is 0.0581. The molecule has 0 aliphatic carbocycles. The molecule has 0 radical (unpaired) electrons. The van der Waals surface area contributed by atoms with Gasteiger partial charge in [-0.2, -0.15) is 0 Å². The summed E-state index contributed by atoms with van der Waals surface area (Å²) in [6, 6.07) is 0. The SMILES string of the molecule is CCCCCCCCCCCCCCCCCC(=O)OC(C)(CCCCCCCC)CCCCCCCCCC. The molecule has 2 heteroatoms. The van der Waals surface area contributed by atoms with Gasteiger partial charge < -0.3 is 4.74 Å². The lowest BCUT2D eigenvalue weighted by Crippen LogP contribution is -2.32. The van der Waals surface area contributed by atoms with Crippen LogP contribution < -0.4 is 0 Å². The highest BCUT2D eigenvalue weighted by Crippen LogP contribution is 2.28. The fourth-order valence-electron chi connectivity index (χ4n) is 6.11. The number of carbonyl (C=O) groups excluding carboxylic acids is 1. The van der Waals surface area contributed by atoms with Crippen molar-refractivity contribution in [3.8, 4) is 0 Å². The zero-order chi connectivity index (χ0) is 29.4. The molecule has 0 aromatic carbocycles. The van der Waals surface area contributed by atoms with Crippen LogP contribution in [-0.2, 0) is 9.53 Å². The number of rotatable bonds is 33. The predicted octanol–water partition coefficient (Wildman–Crippen LogP) is 13.8. The summed E-state index contributed by atoms with van der Waals surface area (Å²) in [7, 11) is 0. The summed E-state index contributed by atoms with van der Waals surface area (Å²) in [5, 5.41) is 0. The molecule has 240 valence electrons. The van der Waals surface area contributed by atoms with Gasteiger partial charge in [0.25, 0.3) is 0 Å². The largest absolute Gasteiger partial charge is 0.459 e. The van der Waals surface area contributed by atoms with Crippen molar-refractivity contribution < 1.29 is 9.53 Å². The average Bonchev–Trinajstić information content (AvgIpc) is 2.94. The van der Waals surface area contributed by atoms with Gasteiger partial charge in [0.1, 0.15) is 5.60 Å². The summed E-state index contributed by atoms with van der Waals surface area (Å²) in [6.45, 7) is 9.08. The standard InChI is InChI=1S/C38H76O2/c1-5-8-11-14-17-19-20-21-22-23-24-25-26-28-31-34-37(39)40-38(4,35-32-29-16-13-10-7-3)36-33-30-27-18-15-12-9-6-2/h5-36H2,1-4H3. The monoisotopic (exact) mass is 565 g/mol. The maximum absolute atomic E-state index is 12.8. The molecular formula is C38H76O2. The quantitative estimate of drug-likeness (QED) is 0.0585. The smallest absolute Gasteiger partial charge is 0.306 e. The summed E-state index contributed by atoms with van der Waals surface area (Å²) < 4.78 is 6.21. The molecule has 0 aliphatic rings. The normalized spacial score (nSPS) is 13.0. The number of esters is 1. The van der Waals surface area contributed by atoms with Crippen LogP contribution in [0.3, 0.4) is 0 Å². The number of hydrogen-bond acceptors (Lipinski definition) is 2. The molecule has 2 nitrogen and oxygen atoms in total. The van der Waals surface area contributed by atoms with Gasteiger partial charge in [0.05, 0.1) is 0 Å². The summed E-state index contributed by atoms with van der Waals surface area (Å²) >= 11 is 0. The van der Waals surface area contributed by atoms with E-state index >= 15 is 0 Å². The molecule has 0 aromatic rings. The van der Waals surface area contributed by atoms with Gasteiger partial charge in [-0.05, 0) is 39.0 Å². The van der Waals surface area contributed by atoms with Crippen molar-refractivity contribution >= 4 is 5.97 Å². The molecule has 0 bridgehead atoms. The third kappa shape index (κ3) is 29.0. The zero-order valence-corrected chi connectivity index (χ0v) is 28.4. The Labute approximate surface area is 254 Å². The van der Waals surface area contributed by atoms with E-state index in [1.807, 2.05) is 0 Å². The summed E-state index contributed by atoms with van der Waals surface area (Å²) in [4.78, 5) is 12.8. The first-order chi connectivity index (χ1) is 19.6. The van der Waals surface area contributed by atoms with E-state index in [0.29, 0.717) is 6.42 Å². The molecule has 0 amide bonds. The third-order valence-corrected chi connectivity index (χ3v) is 8.96. The molecule has 0 aliphatic heterocycles. The highest BCUT2D eigenvalue weighted by Gasteiger charge is 2.27. The highest BCUT2D eigenvalue weighted by molar-refractivity contribution is 5.69. The molecule has 0 rings (SSSR count). The molecule has 0 N–H and O–H groups in total. The fourth-order valence-corrected chi connectivity index (χ4v) is 6.11. The maximum Gasteiger partial charge on any atom is 0.306 e. The molecule has 1 atom stereocenters. The summed E-state index contributed by atoms with van der Waals surface area (Å²) in [6.07, 6.45) is 41.5. The molecule has 0 aromatic heterocycles. The lowest BCUT2D eigenvalue weighted by atomic mass is 9.91. The minimum absolute atomic E-state index is 0.0581. The van der Waals surface area contributed by atoms with E-state index in [1.165, 1.54) is 180 Å². The Morgan fingerprint density at radius 2 is 0.650 bits per heavy atom. The van der Waals surface area contributed by atoms with Crippen LogP contribution in [0.15, 0.2) is 0 Å². The van der Waals surface area contributed by atoms with Crippen molar-refractivity contribution in [3.05, 3.63) is 0 Å². The van der Waals surface area contributed by atoms with E-state index in [2.05, 4.69) is 27.7 Å². The van der Waals surface area contributed by atoms with Gasteiger partial charge in [-0.25, -0.2) is 0 Å². The van der Waals surface area contributed by atoms with Crippen LogP contribution >= 0.6 is 0 Å². The van der Waals surface area contributed by atoms with Crippen LogP contribution in [0.2, 0.25) is 0 Å². The van der Waals surface area contributed by atoms with Crippen LogP contribution in [0.25, 0.3) is 0 Å². The lowest BCUT2D eigenvalue weighted by molar-refractivity contribution is -0.160. The van der Waals surface area contributed by atoms with E-state index in [9.17, 15) is 4.79 Å². The Bertz CT molecular complexity index is 502. The zero-order valence-electron chi connectivity index (χ0n) is 28.4. The topological polar surface area (TPSA) is 26.3 Å².